The van der Waals surface area contributed by atoms with Crippen LogP contribution >= 0.6 is 0 Å². The number of aromatic hydroxyl groups is 1. The first kappa shape index (κ1) is 16.4. The molecule has 0 aliphatic heterocycles. The number of benzene rings is 1. The van der Waals surface area contributed by atoms with E-state index in [1.54, 1.807) is 18.3 Å². The smallest absolute Gasteiger partial charge is 0.166 e. The third-order valence-electron chi connectivity index (χ3n) is 2.92. The SMILES string of the molecule is COc1cccc(C=NCCN(CCN)CCN)c1O. The standard InChI is InChI=1S/C14H24N4O2/c1-20-13-4-2-3-12(14(13)19)11-17-7-10-18(8-5-15)9-6-16/h2-4,11,19H,5-10,15-16H2,1H3. The summed E-state index contributed by atoms with van der Waals surface area (Å²) in [7, 11) is 1.52. The molecule has 1 aromatic rings. The van der Waals surface area contributed by atoms with E-state index in [-0.39, 0.29) is 5.75 Å². The Bertz CT molecular complexity index is 418. The van der Waals surface area contributed by atoms with Crippen LogP contribution in [0.15, 0.2) is 23.2 Å². The maximum absolute atomic E-state index is 9.91. The molecule has 6 nitrogen and oxygen atoms in total. The van der Waals surface area contributed by atoms with Crippen molar-refractivity contribution in [3.8, 4) is 11.5 Å². The second-order valence-corrected chi connectivity index (χ2v) is 4.35. The zero-order valence-corrected chi connectivity index (χ0v) is 12.0. The third kappa shape index (κ3) is 5.16. The minimum Gasteiger partial charge on any atom is -0.504 e. The molecule has 20 heavy (non-hydrogen) atoms. The number of rotatable bonds is 9. The van der Waals surface area contributed by atoms with E-state index in [0.717, 1.165) is 19.6 Å². The third-order valence-corrected chi connectivity index (χ3v) is 2.92. The number of phenols is 1. The molecule has 1 aromatic carbocycles. The van der Waals surface area contributed by atoms with Gasteiger partial charge in [0.1, 0.15) is 0 Å². The van der Waals surface area contributed by atoms with Crippen molar-refractivity contribution >= 4 is 6.21 Å². The molecule has 0 spiro atoms. The lowest BCUT2D eigenvalue weighted by Crippen LogP contribution is -2.35. The highest BCUT2D eigenvalue weighted by Crippen LogP contribution is 2.27. The molecule has 0 saturated carbocycles. The van der Waals surface area contributed by atoms with Gasteiger partial charge in [-0.15, -0.1) is 0 Å². The minimum absolute atomic E-state index is 0.111. The fourth-order valence-corrected chi connectivity index (χ4v) is 1.87. The van der Waals surface area contributed by atoms with Crippen molar-refractivity contribution in [2.75, 3.05) is 46.4 Å². The molecule has 6 heteroatoms. The van der Waals surface area contributed by atoms with E-state index in [4.69, 9.17) is 16.2 Å². The summed E-state index contributed by atoms with van der Waals surface area (Å²) in [4.78, 5) is 6.49. The number of nitrogens with two attached hydrogens (primary N) is 2. The average Bonchev–Trinajstić information content (AvgIpc) is 2.45. The second-order valence-electron chi connectivity index (χ2n) is 4.35. The zero-order chi connectivity index (χ0) is 14.8. The first-order valence-corrected chi connectivity index (χ1v) is 6.71. The lowest BCUT2D eigenvalue weighted by atomic mass is 10.2. The monoisotopic (exact) mass is 280 g/mol. The van der Waals surface area contributed by atoms with Gasteiger partial charge in [-0.3, -0.25) is 9.89 Å². The lowest BCUT2D eigenvalue weighted by Gasteiger charge is -2.19. The number of hydrogen-bond donors (Lipinski definition) is 3. The Labute approximate surface area is 120 Å². The van der Waals surface area contributed by atoms with Crippen LogP contribution < -0.4 is 16.2 Å². The maximum atomic E-state index is 9.91. The van der Waals surface area contributed by atoms with Crippen molar-refractivity contribution in [3.63, 3.8) is 0 Å². The highest BCUT2D eigenvalue weighted by atomic mass is 16.5. The number of para-hydroxylation sites is 1. The molecular formula is C14H24N4O2. The molecule has 5 N–H and O–H groups in total. The summed E-state index contributed by atoms with van der Waals surface area (Å²) in [6.07, 6.45) is 1.65. The van der Waals surface area contributed by atoms with Crippen LogP contribution in [0.4, 0.5) is 0 Å². The van der Waals surface area contributed by atoms with Gasteiger partial charge in [0.2, 0.25) is 0 Å². The van der Waals surface area contributed by atoms with Gasteiger partial charge in [0.05, 0.1) is 13.7 Å². The molecule has 0 aliphatic rings. The van der Waals surface area contributed by atoms with Gasteiger partial charge in [-0.2, -0.15) is 0 Å². The zero-order valence-electron chi connectivity index (χ0n) is 12.0. The van der Waals surface area contributed by atoms with Crippen LogP contribution in [0.5, 0.6) is 11.5 Å². The second kappa shape index (κ2) is 9.30. The molecule has 0 atom stereocenters. The Kier molecular flexibility index (Phi) is 7.64. The Balaban J connectivity index is 2.52. The van der Waals surface area contributed by atoms with Crippen LogP contribution in [0, 0.1) is 0 Å². The predicted molar refractivity (Wildman–Crippen MR) is 81.7 cm³/mol. The van der Waals surface area contributed by atoms with E-state index in [2.05, 4.69) is 9.89 Å². The maximum Gasteiger partial charge on any atom is 0.166 e. The molecule has 0 aliphatic carbocycles. The van der Waals surface area contributed by atoms with Crippen LogP contribution in [0.2, 0.25) is 0 Å². The number of hydrogen-bond acceptors (Lipinski definition) is 6. The highest BCUT2D eigenvalue weighted by molar-refractivity contribution is 5.84. The van der Waals surface area contributed by atoms with Crippen LogP contribution in [-0.4, -0.2) is 62.6 Å². The van der Waals surface area contributed by atoms with E-state index in [1.165, 1.54) is 7.11 Å². The lowest BCUT2D eigenvalue weighted by molar-refractivity contribution is 0.297. The number of phenolic OH excluding ortho intramolecular Hbond substituents is 1. The fourth-order valence-electron chi connectivity index (χ4n) is 1.87. The molecule has 112 valence electrons. The van der Waals surface area contributed by atoms with Gasteiger partial charge >= 0.3 is 0 Å². The van der Waals surface area contributed by atoms with E-state index < -0.39 is 0 Å². The molecule has 1 rings (SSSR count). The van der Waals surface area contributed by atoms with Crippen molar-refractivity contribution in [3.05, 3.63) is 23.8 Å². The van der Waals surface area contributed by atoms with Crippen molar-refractivity contribution < 1.29 is 9.84 Å². The van der Waals surface area contributed by atoms with Crippen molar-refractivity contribution in [1.29, 1.82) is 0 Å². The van der Waals surface area contributed by atoms with Crippen molar-refractivity contribution in [2.45, 2.75) is 0 Å². The summed E-state index contributed by atoms with van der Waals surface area (Å²) >= 11 is 0. The molecule has 0 radical (unpaired) electrons. The quantitative estimate of drug-likeness (QED) is 0.555. The number of methoxy groups -OCH3 is 1. The molecule has 0 heterocycles. The average molecular weight is 280 g/mol. The van der Waals surface area contributed by atoms with Crippen LogP contribution in [0.3, 0.4) is 0 Å². The van der Waals surface area contributed by atoms with Crippen molar-refractivity contribution in [2.24, 2.45) is 16.5 Å². The summed E-state index contributed by atoms with van der Waals surface area (Å²) in [5.74, 6) is 0.557. The van der Waals surface area contributed by atoms with Gasteiger partial charge in [0.15, 0.2) is 11.5 Å². The van der Waals surface area contributed by atoms with E-state index in [0.29, 0.717) is 30.9 Å². The first-order chi connectivity index (χ1) is 9.72. The molecule has 0 saturated heterocycles. The summed E-state index contributed by atoms with van der Waals surface area (Å²) < 4.78 is 5.05. The van der Waals surface area contributed by atoms with Crippen LogP contribution in [-0.2, 0) is 0 Å². The summed E-state index contributed by atoms with van der Waals surface area (Å²) in [5, 5.41) is 9.91. The Morgan fingerprint density at radius 1 is 1.25 bits per heavy atom. The van der Waals surface area contributed by atoms with Crippen molar-refractivity contribution in [1.82, 2.24) is 4.90 Å². The largest absolute Gasteiger partial charge is 0.504 e. The van der Waals surface area contributed by atoms with Gasteiger partial charge in [0, 0.05) is 44.5 Å². The summed E-state index contributed by atoms with van der Waals surface area (Å²) in [5.41, 5.74) is 11.7. The van der Waals surface area contributed by atoms with Gasteiger partial charge in [0.25, 0.3) is 0 Å². The molecule has 0 aromatic heterocycles. The molecule has 0 fully saturated rings. The highest BCUT2D eigenvalue weighted by Gasteiger charge is 2.05. The minimum atomic E-state index is 0.111. The molecule has 0 amide bonds. The van der Waals surface area contributed by atoms with Crippen LogP contribution in [0.25, 0.3) is 0 Å². The van der Waals surface area contributed by atoms with Gasteiger partial charge in [-0.25, -0.2) is 0 Å². The summed E-state index contributed by atoms with van der Waals surface area (Å²) in [6.45, 7) is 4.29. The molecule has 0 unspecified atom stereocenters. The number of nitrogens with zero attached hydrogens (tertiary/aromatic N) is 2. The predicted octanol–water partition coefficient (Wildman–Crippen LogP) is 0.0391. The molecule has 0 bridgehead atoms. The normalized spacial score (nSPS) is 11.4. The first-order valence-electron chi connectivity index (χ1n) is 6.71. The fraction of sp³-hybridized carbons (Fsp3) is 0.500. The Hall–Kier alpha value is -1.63. The molecular weight excluding hydrogens is 256 g/mol. The van der Waals surface area contributed by atoms with Crippen LogP contribution in [0.1, 0.15) is 5.56 Å². The Morgan fingerprint density at radius 2 is 1.95 bits per heavy atom. The van der Waals surface area contributed by atoms with E-state index in [1.807, 2.05) is 6.07 Å². The Morgan fingerprint density at radius 3 is 2.55 bits per heavy atom. The number of aliphatic imine (C=N–C) groups is 1. The van der Waals surface area contributed by atoms with E-state index >= 15 is 0 Å². The van der Waals surface area contributed by atoms with E-state index in [9.17, 15) is 5.11 Å². The topological polar surface area (TPSA) is 97.1 Å². The summed E-state index contributed by atoms with van der Waals surface area (Å²) in [6, 6.07) is 5.31. The number of ether oxygens (including phenoxy) is 1. The van der Waals surface area contributed by atoms with Gasteiger partial charge in [-0.05, 0) is 12.1 Å². The van der Waals surface area contributed by atoms with Gasteiger partial charge in [-0.1, -0.05) is 6.07 Å². The van der Waals surface area contributed by atoms with Gasteiger partial charge < -0.3 is 21.3 Å².